The van der Waals surface area contributed by atoms with Crippen molar-refractivity contribution in [3.63, 3.8) is 0 Å². The van der Waals surface area contributed by atoms with E-state index in [1.165, 1.54) is 69.8 Å². The number of aryl methyl sites for hydroxylation is 1. The van der Waals surface area contributed by atoms with Gasteiger partial charge in [0, 0.05) is 6.54 Å². The van der Waals surface area contributed by atoms with Crippen LogP contribution < -0.4 is 5.73 Å². The highest BCUT2D eigenvalue weighted by atomic mass is 16.4. The Morgan fingerprint density at radius 2 is 1.44 bits per heavy atom. The van der Waals surface area contributed by atoms with Crippen LogP contribution in [-0.4, -0.2) is 17.6 Å². The number of carbonyl (C=O) groups is 1. The van der Waals surface area contributed by atoms with Crippen molar-refractivity contribution in [3.05, 3.63) is 41.0 Å². The molecule has 0 fully saturated rings. The summed E-state index contributed by atoms with van der Waals surface area (Å²) in [6.07, 6.45) is 16.3. The number of aliphatic carboxylic acids is 1. The topological polar surface area (TPSA) is 63.3 Å². The Morgan fingerprint density at radius 1 is 0.920 bits per heavy atom. The van der Waals surface area contributed by atoms with Crippen LogP contribution in [0.4, 0.5) is 0 Å². The molecule has 0 unspecified atom stereocenters. The molecule has 0 spiro atoms. The van der Waals surface area contributed by atoms with Crippen molar-refractivity contribution in [3.8, 4) is 0 Å². The zero-order valence-corrected chi connectivity index (χ0v) is 15.8. The van der Waals surface area contributed by atoms with Gasteiger partial charge in [0.2, 0.25) is 0 Å². The summed E-state index contributed by atoms with van der Waals surface area (Å²) in [4.78, 5) is 11.0. The maximum atomic E-state index is 11.0. The van der Waals surface area contributed by atoms with Crippen molar-refractivity contribution in [2.75, 3.05) is 6.54 Å². The first-order valence-corrected chi connectivity index (χ1v) is 9.90. The van der Waals surface area contributed by atoms with Gasteiger partial charge in [-0.2, -0.15) is 0 Å². The summed E-state index contributed by atoms with van der Waals surface area (Å²) < 4.78 is 0. The van der Waals surface area contributed by atoms with E-state index in [2.05, 4.69) is 19.1 Å². The van der Waals surface area contributed by atoms with E-state index in [1.54, 1.807) is 6.08 Å². The largest absolute Gasteiger partial charge is 0.478 e. The van der Waals surface area contributed by atoms with Gasteiger partial charge < -0.3 is 10.8 Å². The number of carboxylic acids is 1. The molecule has 3 N–H and O–H groups in total. The highest BCUT2D eigenvalue weighted by Crippen LogP contribution is 2.14. The van der Waals surface area contributed by atoms with Gasteiger partial charge in [-0.25, -0.2) is 4.79 Å². The normalized spacial score (nSPS) is 11.7. The van der Waals surface area contributed by atoms with E-state index in [0.29, 0.717) is 0 Å². The Balaban J connectivity index is 2.17. The van der Waals surface area contributed by atoms with E-state index in [-0.39, 0.29) is 12.1 Å². The molecule has 0 atom stereocenters. The molecule has 0 aromatic heterocycles. The van der Waals surface area contributed by atoms with Crippen LogP contribution in [0.3, 0.4) is 0 Å². The van der Waals surface area contributed by atoms with Crippen molar-refractivity contribution >= 4 is 12.0 Å². The smallest absolute Gasteiger partial charge is 0.332 e. The van der Waals surface area contributed by atoms with Gasteiger partial charge in [-0.3, -0.25) is 0 Å². The Morgan fingerprint density at radius 3 is 1.92 bits per heavy atom. The molecular formula is C22H35NO2. The van der Waals surface area contributed by atoms with Gasteiger partial charge in [-0.05, 0) is 30.0 Å². The van der Waals surface area contributed by atoms with Crippen LogP contribution in [0.1, 0.15) is 82.3 Å². The Kier molecular flexibility index (Phi) is 11.7. The summed E-state index contributed by atoms with van der Waals surface area (Å²) in [6.45, 7) is 2.31. The molecule has 0 saturated carbocycles. The number of carboxylic acid groups (broad SMARTS) is 1. The molecule has 140 valence electrons. The van der Waals surface area contributed by atoms with Gasteiger partial charge in [-0.15, -0.1) is 0 Å². The lowest BCUT2D eigenvalue weighted by Crippen LogP contribution is -2.11. The molecule has 0 aliphatic rings. The molecule has 0 saturated heterocycles. The second-order valence-electron chi connectivity index (χ2n) is 6.85. The summed E-state index contributed by atoms with van der Waals surface area (Å²) in [5, 5.41) is 9.00. The zero-order chi connectivity index (χ0) is 18.3. The fourth-order valence-electron chi connectivity index (χ4n) is 3.01. The molecule has 1 aromatic carbocycles. The first-order valence-electron chi connectivity index (χ1n) is 9.90. The summed E-state index contributed by atoms with van der Waals surface area (Å²) in [7, 11) is 0. The average Bonchev–Trinajstić information content (AvgIpc) is 2.62. The van der Waals surface area contributed by atoms with Crippen LogP contribution >= 0.6 is 0 Å². The Labute approximate surface area is 153 Å². The minimum Gasteiger partial charge on any atom is -0.478 e. The highest BCUT2D eigenvalue weighted by Gasteiger charge is 2.04. The molecule has 1 aromatic rings. The number of rotatable bonds is 14. The minimum atomic E-state index is -0.947. The number of hydrogen-bond donors (Lipinski definition) is 2. The molecule has 0 amide bonds. The lowest BCUT2D eigenvalue weighted by molar-refractivity contribution is -0.132. The van der Waals surface area contributed by atoms with Gasteiger partial charge in [0.05, 0.1) is 5.57 Å². The van der Waals surface area contributed by atoms with E-state index in [1.807, 2.05) is 12.1 Å². The molecular weight excluding hydrogens is 310 g/mol. The van der Waals surface area contributed by atoms with Crippen LogP contribution in [-0.2, 0) is 11.2 Å². The van der Waals surface area contributed by atoms with Crippen LogP contribution in [0.5, 0.6) is 0 Å². The highest BCUT2D eigenvalue weighted by molar-refractivity contribution is 5.92. The van der Waals surface area contributed by atoms with Crippen molar-refractivity contribution in [2.45, 2.75) is 77.6 Å². The van der Waals surface area contributed by atoms with Gasteiger partial charge in [-0.1, -0.05) is 89.0 Å². The molecule has 0 aliphatic heterocycles. The summed E-state index contributed by atoms with van der Waals surface area (Å²) in [6, 6.07) is 8.14. The molecule has 3 heteroatoms. The summed E-state index contributed by atoms with van der Waals surface area (Å²) >= 11 is 0. The van der Waals surface area contributed by atoms with E-state index in [0.717, 1.165) is 12.0 Å². The fraction of sp³-hybridized carbons (Fsp3) is 0.591. The molecule has 1 rings (SSSR count). The minimum absolute atomic E-state index is 0.0513. The number of unbranched alkanes of at least 4 members (excludes halogenated alkanes) is 9. The molecule has 0 radical (unpaired) electrons. The van der Waals surface area contributed by atoms with E-state index in [9.17, 15) is 4.79 Å². The lowest BCUT2D eigenvalue weighted by atomic mass is 10.0. The van der Waals surface area contributed by atoms with E-state index in [4.69, 9.17) is 10.8 Å². The third-order valence-electron chi connectivity index (χ3n) is 4.63. The summed E-state index contributed by atoms with van der Waals surface area (Å²) in [5.74, 6) is -0.947. The third kappa shape index (κ3) is 10.1. The predicted molar refractivity (Wildman–Crippen MR) is 107 cm³/mol. The maximum Gasteiger partial charge on any atom is 0.332 e. The van der Waals surface area contributed by atoms with Gasteiger partial charge in [0.1, 0.15) is 0 Å². The van der Waals surface area contributed by atoms with Gasteiger partial charge >= 0.3 is 5.97 Å². The van der Waals surface area contributed by atoms with E-state index >= 15 is 0 Å². The number of nitrogens with two attached hydrogens (primary N) is 1. The van der Waals surface area contributed by atoms with Crippen molar-refractivity contribution in [2.24, 2.45) is 5.73 Å². The van der Waals surface area contributed by atoms with E-state index < -0.39 is 5.97 Å². The van der Waals surface area contributed by atoms with Crippen LogP contribution in [0.2, 0.25) is 0 Å². The van der Waals surface area contributed by atoms with Crippen LogP contribution in [0.15, 0.2) is 29.8 Å². The Bertz CT molecular complexity index is 505. The van der Waals surface area contributed by atoms with Crippen LogP contribution in [0, 0.1) is 0 Å². The first-order chi connectivity index (χ1) is 12.2. The zero-order valence-electron chi connectivity index (χ0n) is 15.8. The number of benzene rings is 1. The number of hydrogen-bond acceptors (Lipinski definition) is 2. The van der Waals surface area contributed by atoms with Gasteiger partial charge in [0.15, 0.2) is 0 Å². The maximum absolute atomic E-state index is 11.0. The second-order valence-corrected chi connectivity index (χ2v) is 6.85. The quantitative estimate of drug-likeness (QED) is 0.342. The predicted octanol–water partition coefficient (Wildman–Crippen LogP) is 5.58. The van der Waals surface area contributed by atoms with Crippen molar-refractivity contribution in [1.82, 2.24) is 0 Å². The molecule has 0 aliphatic carbocycles. The Hall–Kier alpha value is -1.61. The monoisotopic (exact) mass is 345 g/mol. The third-order valence-corrected chi connectivity index (χ3v) is 4.63. The molecule has 3 nitrogen and oxygen atoms in total. The lowest BCUT2D eigenvalue weighted by Gasteiger charge is -2.04. The van der Waals surface area contributed by atoms with Crippen LogP contribution in [0.25, 0.3) is 6.08 Å². The second kappa shape index (κ2) is 13.7. The fourth-order valence-corrected chi connectivity index (χ4v) is 3.01. The van der Waals surface area contributed by atoms with Crippen molar-refractivity contribution in [1.29, 1.82) is 0 Å². The van der Waals surface area contributed by atoms with Gasteiger partial charge in [0.25, 0.3) is 0 Å². The average molecular weight is 346 g/mol. The molecule has 25 heavy (non-hydrogen) atoms. The SMILES string of the molecule is CCCCCCCCCCCCc1ccc(C=C(CN)C(=O)O)cc1. The summed E-state index contributed by atoms with van der Waals surface area (Å²) in [5.41, 5.74) is 7.91. The molecule has 0 bridgehead atoms. The standard InChI is InChI=1S/C22H35NO2/c1-2-3-4-5-6-7-8-9-10-11-12-19-13-15-20(16-14-19)17-21(18-23)22(24)25/h13-17H,2-12,18,23H2,1H3,(H,24,25). The van der Waals surface area contributed by atoms with Crippen molar-refractivity contribution < 1.29 is 9.90 Å². The molecule has 0 heterocycles. The first kappa shape index (κ1) is 21.4.